The van der Waals surface area contributed by atoms with Crippen LogP contribution in [0.3, 0.4) is 0 Å². The standard InChI is InChI=1S/C15H23NO/c1-5-7-8-9-13-10-11-14(17-6-2)15(16-4)12(13)3/h7-8,10-11,16H,5-6,9H2,1-4H3/b8-7-. The molecular weight excluding hydrogens is 210 g/mol. The minimum Gasteiger partial charge on any atom is -0.492 e. The summed E-state index contributed by atoms with van der Waals surface area (Å²) in [6.07, 6.45) is 6.51. The summed E-state index contributed by atoms with van der Waals surface area (Å²) >= 11 is 0. The lowest BCUT2D eigenvalue weighted by molar-refractivity contribution is 0.341. The van der Waals surface area contributed by atoms with Crippen molar-refractivity contribution >= 4 is 5.69 Å². The van der Waals surface area contributed by atoms with Crippen molar-refractivity contribution in [3.05, 3.63) is 35.4 Å². The smallest absolute Gasteiger partial charge is 0.142 e. The molecule has 2 nitrogen and oxygen atoms in total. The van der Waals surface area contributed by atoms with Crippen molar-refractivity contribution in [2.75, 3.05) is 19.0 Å². The van der Waals surface area contributed by atoms with Crippen molar-refractivity contribution < 1.29 is 4.74 Å². The van der Waals surface area contributed by atoms with Crippen molar-refractivity contribution in [3.63, 3.8) is 0 Å². The normalized spacial score (nSPS) is 10.8. The summed E-state index contributed by atoms with van der Waals surface area (Å²) < 4.78 is 5.61. The second-order valence-electron chi connectivity index (χ2n) is 3.99. The lowest BCUT2D eigenvalue weighted by atomic mass is 10.0. The predicted octanol–water partition coefficient (Wildman–Crippen LogP) is 3.94. The van der Waals surface area contributed by atoms with Gasteiger partial charge in [0.2, 0.25) is 0 Å². The van der Waals surface area contributed by atoms with Crippen LogP contribution in [0.15, 0.2) is 24.3 Å². The molecule has 0 bridgehead atoms. The maximum Gasteiger partial charge on any atom is 0.142 e. The number of hydrogen-bond donors (Lipinski definition) is 1. The van der Waals surface area contributed by atoms with Gasteiger partial charge in [0.15, 0.2) is 0 Å². The molecule has 1 N–H and O–H groups in total. The van der Waals surface area contributed by atoms with Crippen LogP contribution in [0.5, 0.6) is 5.75 Å². The van der Waals surface area contributed by atoms with Gasteiger partial charge in [-0.25, -0.2) is 0 Å². The molecule has 0 aliphatic rings. The Labute approximate surface area is 105 Å². The lowest BCUT2D eigenvalue weighted by Gasteiger charge is -2.15. The number of hydrogen-bond acceptors (Lipinski definition) is 2. The Kier molecular flexibility index (Phi) is 5.61. The fraction of sp³-hybridized carbons (Fsp3) is 0.467. The first-order valence-electron chi connectivity index (χ1n) is 6.32. The number of rotatable bonds is 6. The molecule has 0 aliphatic carbocycles. The Morgan fingerprint density at radius 1 is 1.24 bits per heavy atom. The maximum absolute atomic E-state index is 5.61. The number of allylic oxidation sites excluding steroid dienone is 2. The van der Waals surface area contributed by atoms with E-state index in [0.717, 1.165) is 24.3 Å². The van der Waals surface area contributed by atoms with Crippen LogP contribution >= 0.6 is 0 Å². The van der Waals surface area contributed by atoms with Gasteiger partial charge in [-0.15, -0.1) is 0 Å². The van der Waals surface area contributed by atoms with Gasteiger partial charge < -0.3 is 10.1 Å². The molecule has 0 unspecified atom stereocenters. The zero-order valence-electron chi connectivity index (χ0n) is 11.3. The van der Waals surface area contributed by atoms with Gasteiger partial charge in [0.05, 0.1) is 12.3 Å². The third kappa shape index (κ3) is 3.52. The summed E-state index contributed by atoms with van der Waals surface area (Å²) in [4.78, 5) is 0. The van der Waals surface area contributed by atoms with Gasteiger partial charge in [-0.05, 0) is 43.9 Å². The predicted molar refractivity (Wildman–Crippen MR) is 75.0 cm³/mol. The first-order valence-corrected chi connectivity index (χ1v) is 6.32. The van der Waals surface area contributed by atoms with Gasteiger partial charge in [0.25, 0.3) is 0 Å². The van der Waals surface area contributed by atoms with E-state index < -0.39 is 0 Å². The molecule has 0 aromatic heterocycles. The van der Waals surface area contributed by atoms with E-state index in [1.807, 2.05) is 14.0 Å². The fourth-order valence-corrected chi connectivity index (χ4v) is 1.91. The van der Waals surface area contributed by atoms with Crippen LogP contribution in [-0.2, 0) is 6.42 Å². The average molecular weight is 233 g/mol. The molecule has 1 rings (SSSR count). The van der Waals surface area contributed by atoms with Crippen LogP contribution in [0, 0.1) is 6.92 Å². The summed E-state index contributed by atoms with van der Waals surface area (Å²) in [7, 11) is 1.94. The second kappa shape index (κ2) is 7.00. The summed E-state index contributed by atoms with van der Waals surface area (Å²) in [6.45, 7) is 7.00. The van der Waals surface area contributed by atoms with Crippen molar-refractivity contribution in [2.24, 2.45) is 0 Å². The van der Waals surface area contributed by atoms with E-state index >= 15 is 0 Å². The van der Waals surface area contributed by atoms with Gasteiger partial charge in [-0.1, -0.05) is 25.1 Å². The molecule has 0 saturated carbocycles. The van der Waals surface area contributed by atoms with E-state index in [4.69, 9.17) is 4.74 Å². The van der Waals surface area contributed by atoms with Gasteiger partial charge >= 0.3 is 0 Å². The van der Waals surface area contributed by atoms with Crippen molar-refractivity contribution in [1.82, 2.24) is 0 Å². The molecule has 0 atom stereocenters. The highest BCUT2D eigenvalue weighted by molar-refractivity contribution is 5.64. The number of benzene rings is 1. The van der Waals surface area contributed by atoms with Crippen molar-refractivity contribution in [2.45, 2.75) is 33.6 Å². The Morgan fingerprint density at radius 2 is 2.00 bits per heavy atom. The van der Waals surface area contributed by atoms with E-state index in [1.165, 1.54) is 11.1 Å². The highest BCUT2D eigenvalue weighted by atomic mass is 16.5. The molecule has 17 heavy (non-hydrogen) atoms. The van der Waals surface area contributed by atoms with Crippen LogP contribution in [0.25, 0.3) is 0 Å². The molecule has 2 heteroatoms. The summed E-state index contributed by atoms with van der Waals surface area (Å²) in [5.41, 5.74) is 3.73. The largest absolute Gasteiger partial charge is 0.492 e. The molecular formula is C15H23NO. The minimum atomic E-state index is 0.698. The first kappa shape index (κ1) is 13.6. The molecule has 0 heterocycles. The molecule has 0 aliphatic heterocycles. The Morgan fingerprint density at radius 3 is 2.59 bits per heavy atom. The maximum atomic E-state index is 5.61. The number of anilines is 1. The van der Waals surface area contributed by atoms with Crippen molar-refractivity contribution in [3.8, 4) is 5.75 Å². The molecule has 1 aromatic carbocycles. The van der Waals surface area contributed by atoms with Gasteiger partial charge in [-0.2, -0.15) is 0 Å². The van der Waals surface area contributed by atoms with E-state index in [1.54, 1.807) is 0 Å². The average Bonchev–Trinajstić information content (AvgIpc) is 2.33. The topological polar surface area (TPSA) is 21.3 Å². The van der Waals surface area contributed by atoms with Gasteiger partial charge in [0, 0.05) is 7.05 Å². The molecule has 94 valence electrons. The van der Waals surface area contributed by atoms with Crippen LogP contribution in [0.1, 0.15) is 31.4 Å². The fourth-order valence-electron chi connectivity index (χ4n) is 1.91. The lowest BCUT2D eigenvalue weighted by Crippen LogP contribution is -2.01. The molecule has 1 aromatic rings. The van der Waals surface area contributed by atoms with E-state index in [2.05, 4.69) is 43.4 Å². The number of nitrogens with one attached hydrogen (secondary N) is 1. The monoisotopic (exact) mass is 233 g/mol. The molecule has 0 spiro atoms. The zero-order valence-corrected chi connectivity index (χ0v) is 11.3. The Bertz CT molecular complexity index is 383. The molecule has 0 saturated heterocycles. The molecule has 0 fully saturated rings. The van der Waals surface area contributed by atoms with Gasteiger partial charge in [-0.3, -0.25) is 0 Å². The highest BCUT2D eigenvalue weighted by Crippen LogP contribution is 2.30. The first-order chi connectivity index (χ1) is 8.24. The van der Waals surface area contributed by atoms with E-state index in [0.29, 0.717) is 6.61 Å². The summed E-state index contributed by atoms with van der Waals surface area (Å²) in [5, 5.41) is 3.23. The summed E-state index contributed by atoms with van der Waals surface area (Å²) in [5.74, 6) is 0.940. The van der Waals surface area contributed by atoms with Crippen LogP contribution in [0.2, 0.25) is 0 Å². The quantitative estimate of drug-likeness (QED) is 0.751. The van der Waals surface area contributed by atoms with Gasteiger partial charge in [0.1, 0.15) is 5.75 Å². The van der Waals surface area contributed by atoms with E-state index in [9.17, 15) is 0 Å². The minimum absolute atomic E-state index is 0.698. The van der Waals surface area contributed by atoms with E-state index in [-0.39, 0.29) is 0 Å². The third-order valence-electron chi connectivity index (χ3n) is 2.83. The SMILES string of the molecule is CC/C=C\Cc1ccc(OCC)c(NC)c1C. The Hall–Kier alpha value is -1.44. The van der Waals surface area contributed by atoms with Crippen LogP contribution in [-0.4, -0.2) is 13.7 Å². The van der Waals surface area contributed by atoms with Crippen LogP contribution in [0.4, 0.5) is 5.69 Å². The molecule has 0 amide bonds. The number of ether oxygens (including phenoxy) is 1. The Balaban J connectivity index is 2.98. The molecule has 0 radical (unpaired) electrons. The zero-order chi connectivity index (χ0) is 12.7. The second-order valence-corrected chi connectivity index (χ2v) is 3.99. The van der Waals surface area contributed by atoms with Crippen molar-refractivity contribution in [1.29, 1.82) is 0 Å². The summed E-state index contributed by atoms with van der Waals surface area (Å²) in [6, 6.07) is 4.21. The van der Waals surface area contributed by atoms with Crippen LogP contribution < -0.4 is 10.1 Å². The third-order valence-corrected chi connectivity index (χ3v) is 2.83. The highest BCUT2D eigenvalue weighted by Gasteiger charge is 2.08.